The lowest BCUT2D eigenvalue weighted by Gasteiger charge is -2.18. The van der Waals surface area contributed by atoms with Crippen molar-refractivity contribution in [3.63, 3.8) is 0 Å². The Balaban J connectivity index is 2.93. The molecule has 0 spiro atoms. The molecule has 0 atom stereocenters. The van der Waals surface area contributed by atoms with E-state index in [1.165, 1.54) is 5.19 Å². The molecule has 0 aromatic heterocycles. The summed E-state index contributed by atoms with van der Waals surface area (Å²) in [5, 5.41) is 1.22. The zero-order valence-electron chi connectivity index (χ0n) is 6.87. The molecule has 60 valence electrons. The van der Waals surface area contributed by atoms with E-state index in [9.17, 15) is 0 Å². The van der Waals surface area contributed by atoms with E-state index >= 15 is 0 Å². The Hall–Kier alpha value is -0.643. The minimum absolute atomic E-state index is 1.22. The van der Waals surface area contributed by atoms with Crippen LogP contribution in [-0.2, 0) is 4.53 Å². The Labute approximate surface area is 68.1 Å². The molecule has 0 bridgehead atoms. The monoisotopic (exact) mass is 167 g/mol. The molecule has 0 aliphatic rings. The van der Waals surface area contributed by atoms with Gasteiger partial charge in [-0.3, -0.25) is 0 Å². The van der Waals surface area contributed by atoms with Crippen molar-refractivity contribution in [1.29, 1.82) is 0 Å². The zero-order valence-corrected chi connectivity index (χ0v) is 7.87. The van der Waals surface area contributed by atoms with Crippen LogP contribution in [0, 0.1) is 0 Å². The summed E-state index contributed by atoms with van der Waals surface area (Å²) in [5.74, 6) is 5.20. The Morgan fingerprint density at radius 3 is 2.18 bits per heavy atom. The fourth-order valence-electron chi connectivity index (χ4n) is 0.908. The second kappa shape index (κ2) is 3.17. The fourth-order valence-corrected chi connectivity index (χ4v) is 2.04. The van der Waals surface area contributed by atoms with E-state index in [1.54, 1.807) is 0 Å². The molecule has 0 fully saturated rings. The van der Waals surface area contributed by atoms with E-state index in [-0.39, 0.29) is 0 Å². The summed E-state index contributed by atoms with van der Waals surface area (Å²) in [6.07, 6.45) is 0. The van der Waals surface area contributed by atoms with Gasteiger partial charge in [0.05, 0.1) is 0 Å². The average molecular weight is 167 g/mol. The summed E-state index contributed by atoms with van der Waals surface area (Å²) in [6, 6.07) is 10.1. The van der Waals surface area contributed by atoms with Crippen molar-refractivity contribution in [2.24, 2.45) is 5.90 Å². The minimum Gasteiger partial charge on any atom is -0.343 e. The van der Waals surface area contributed by atoms with Gasteiger partial charge in [0.2, 0.25) is 8.32 Å². The third kappa shape index (κ3) is 1.89. The van der Waals surface area contributed by atoms with Crippen molar-refractivity contribution in [1.82, 2.24) is 0 Å². The quantitative estimate of drug-likeness (QED) is 0.526. The van der Waals surface area contributed by atoms with Gasteiger partial charge < -0.3 is 4.53 Å². The van der Waals surface area contributed by atoms with Crippen LogP contribution < -0.4 is 11.1 Å². The van der Waals surface area contributed by atoms with E-state index < -0.39 is 8.32 Å². The smallest absolute Gasteiger partial charge is 0.244 e. The van der Waals surface area contributed by atoms with Crippen LogP contribution in [0.3, 0.4) is 0 Å². The first-order valence-corrected chi connectivity index (χ1v) is 6.51. The maximum atomic E-state index is 5.20. The van der Waals surface area contributed by atoms with Gasteiger partial charge in [-0.25, -0.2) is 5.90 Å². The van der Waals surface area contributed by atoms with Gasteiger partial charge in [0.15, 0.2) is 0 Å². The molecule has 0 amide bonds. The lowest BCUT2D eigenvalue weighted by atomic mass is 10.4. The number of hydrogen-bond donors (Lipinski definition) is 1. The highest BCUT2D eigenvalue weighted by Gasteiger charge is 2.23. The molecule has 0 unspecified atom stereocenters. The van der Waals surface area contributed by atoms with Crippen LogP contribution in [0.15, 0.2) is 30.3 Å². The zero-order chi connectivity index (χ0) is 8.32. The Morgan fingerprint density at radius 2 is 1.73 bits per heavy atom. The number of nitrogens with two attached hydrogens (primary N) is 1. The Bertz CT molecular complexity index is 223. The van der Waals surface area contributed by atoms with Gasteiger partial charge in [-0.05, 0) is 18.3 Å². The van der Waals surface area contributed by atoms with Crippen molar-refractivity contribution >= 4 is 13.5 Å². The maximum Gasteiger partial charge on any atom is 0.244 e. The molecule has 0 saturated heterocycles. The lowest BCUT2D eigenvalue weighted by molar-refractivity contribution is 0.333. The molecule has 1 rings (SSSR count). The first kappa shape index (κ1) is 8.45. The highest BCUT2D eigenvalue weighted by atomic mass is 28.4. The lowest BCUT2D eigenvalue weighted by Crippen LogP contribution is -2.46. The van der Waals surface area contributed by atoms with Crippen molar-refractivity contribution in [2.75, 3.05) is 0 Å². The van der Waals surface area contributed by atoms with E-state index in [0.717, 1.165) is 0 Å². The van der Waals surface area contributed by atoms with Crippen LogP contribution in [-0.4, -0.2) is 8.32 Å². The van der Waals surface area contributed by atoms with Gasteiger partial charge in [0.25, 0.3) is 0 Å². The summed E-state index contributed by atoms with van der Waals surface area (Å²) < 4.78 is 4.96. The van der Waals surface area contributed by atoms with Crippen molar-refractivity contribution < 1.29 is 4.53 Å². The Kier molecular flexibility index (Phi) is 2.44. The summed E-state index contributed by atoms with van der Waals surface area (Å²) in [5.41, 5.74) is 0. The van der Waals surface area contributed by atoms with Gasteiger partial charge in [-0.15, -0.1) is 0 Å². The average Bonchev–Trinajstić information content (AvgIpc) is 2.06. The minimum atomic E-state index is -1.78. The number of hydrogen-bond acceptors (Lipinski definition) is 2. The molecule has 0 heterocycles. The summed E-state index contributed by atoms with van der Waals surface area (Å²) in [6.45, 7) is 4.14. The van der Waals surface area contributed by atoms with E-state index in [0.29, 0.717) is 0 Å². The molecule has 1 aromatic carbocycles. The van der Waals surface area contributed by atoms with Gasteiger partial charge >= 0.3 is 0 Å². The first-order valence-electron chi connectivity index (χ1n) is 3.60. The van der Waals surface area contributed by atoms with Crippen LogP contribution in [0.4, 0.5) is 0 Å². The molecule has 2 nitrogen and oxygen atoms in total. The van der Waals surface area contributed by atoms with Gasteiger partial charge in [0, 0.05) is 0 Å². The first-order chi connectivity index (χ1) is 5.17. The third-order valence-electron chi connectivity index (χ3n) is 1.76. The summed E-state index contributed by atoms with van der Waals surface area (Å²) >= 11 is 0. The van der Waals surface area contributed by atoms with Crippen molar-refractivity contribution in [3.05, 3.63) is 30.3 Å². The predicted molar refractivity (Wildman–Crippen MR) is 48.8 cm³/mol. The third-order valence-corrected chi connectivity index (χ3v) is 4.08. The molecular weight excluding hydrogens is 154 g/mol. The molecule has 3 heteroatoms. The highest BCUT2D eigenvalue weighted by Crippen LogP contribution is 2.00. The molecule has 2 N–H and O–H groups in total. The van der Waals surface area contributed by atoms with E-state index in [1.807, 2.05) is 18.2 Å². The van der Waals surface area contributed by atoms with Crippen LogP contribution in [0.25, 0.3) is 0 Å². The normalized spacial score (nSPS) is 11.5. The van der Waals surface area contributed by atoms with Crippen molar-refractivity contribution in [2.45, 2.75) is 13.1 Å². The molecule has 0 radical (unpaired) electrons. The largest absolute Gasteiger partial charge is 0.343 e. The molecule has 0 aliphatic carbocycles. The molecule has 0 saturated carbocycles. The highest BCUT2D eigenvalue weighted by molar-refractivity contribution is 6.84. The molecular formula is C8H13NOSi. The van der Waals surface area contributed by atoms with Gasteiger partial charge in [-0.1, -0.05) is 30.3 Å². The van der Waals surface area contributed by atoms with Crippen LogP contribution >= 0.6 is 0 Å². The number of rotatable bonds is 2. The van der Waals surface area contributed by atoms with E-state index in [2.05, 4.69) is 25.2 Å². The van der Waals surface area contributed by atoms with Gasteiger partial charge in [-0.2, -0.15) is 0 Å². The van der Waals surface area contributed by atoms with Crippen LogP contribution in [0.1, 0.15) is 0 Å². The second-order valence-corrected chi connectivity index (χ2v) is 6.83. The SMILES string of the molecule is C[Si](C)(ON)c1ccccc1. The maximum absolute atomic E-state index is 5.20. The predicted octanol–water partition coefficient (Wildman–Crippen LogP) is 0.989. The van der Waals surface area contributed by atoms with Crippen molar-refractivity contribution in [3.8, 4) is 0 Å². The molecule has 0 aliphatic heterocycles. The second-order valence-electron chi connectivity index (χ2n) is 2.99. The summed E-state index contributed by atoms with van der Waals surface area (Å²) in [7, 11) is -1.78. The molecule has 1 aromatic rings. The number of benzene rings is 1. The van der Waals surface area contributed by atoms with Crippen LogP contribution in [0.5, 0.6) is 0 Å². The molecule has 11 heavy (non-hydrogen) atoms. The van der Waals surface area contributed by atoms with Gasteiger partial charge in [0.1, 0.15) is 0 Å². The van der Waals surface area contributed by atoms with E-state index in [4.69, 9.17) is 10.4 Å². The topological polar surface area (TPSA) is 35.2 Å². The van der Waals surface area contributed by atoms with Crippen LogP contribution in [0.2, 0.25) is 13.1 Å². The Morgan fingerprint density at radius 1 is 1.18 bits per heavy atom. The standard InChI is InChI=1S/C8H13NOSi/c1-11(2,10-9)8-6-4-3-5-7-8/h3-7H,9H2,1-2H3. The summed E-state index contributed by atoms with van der Waals surface area (Å²) in [4.78, 5) is 0. The fraction of sp³-hybridized carbons (Fsp3) is 0.250.